The van der Waals surface area contributed by atoms with Gasteiger partial charge in [-0.15, -0.1) is 11.8 Å². The van der Waals surface area contributed by atoms with Crippen LogP contribution in [0.15, 0.2) is 24.3 Å². The van der Waals surface area contributed by atoms with Gasteiger partial charge < -0.3 is 9.64 Å². The average molecular weight is 396 g/mol. The Kier molecular flexibility index (Phi) is 6.51. The molecule has 1 aliphatic heterocycles. The van der Waals surface area contributed by atoms with Crippen LogP contribution in [0.1, 0.15) is 50.5 Å². The summed E-state index contributed by atoms with van der Waals surface area (Å²) in [6.07, 6.45) is 3.97. The number of halogens is 1. The van der Waals surface area contributed by atoms with Gasteiger partial charge in [-0.3, -0.25) is 4.79 Å². The van der Waals surface area contributed by atoms with Crippen LogP contribution in [0.4, 0.5) is 0 Å². The monoisotopic (exact) mass is 395 g/mol. The van der Waals surface area contributed by atoms with Gasteiger partial charge in [-0.2, -0.15) is 0 Å². The number of rotatable bonds is 5. The Balaban J connectivity index is 1.86. The van der Waals surface area contributed by atoms with E-state index in [4.69, 9.17) is 16.3 Å². The summed E-state index contributed by atoms with van der Waals surface area (Å²) in [7, 11) is 0. The molecular weight excluding hydrogens is 370 g/mol. The number of ether oxygens (including phenoxy) is 1. The maximum atomic E-state index is 13.3. The maximum absolute atomic E-state index is 13.3. The van der Waals surface area contributed by atoms with E-state index in [1.54, 1.807) is 16.7 Å². The highest BCUT2D eigenvalue weighted by molar-refractivity contribution is 7.99. The van der Waals surface area contributed by atoms with E-state index < -0.39 is 6.04 Å². The maximum Gasteiger partial charge on any atom is 0.329 e. The molecule has 6 heteroatoms. The highest BCUT2D eigenvalue weighted by atomic mass is 35.5. The number of hydrogen-bond acceptors (Lipinski definition) is 4. The molecule has 0 unspecified atom stereocenters. The minimum atomic E-state index is -0.534. The second-order valence-electron chi connectivity index (χ2n) is 7.47. The molecule has 2 aliphatic rings. The summed E-state index contributed by atoms with van der Waals surface area (Å²) < 4.78 is 5.47. The van der Waals surface area contributed by atoms with Gasteiger partial charge in [0.1, 0.15) is 11.4 Å². The molecule has 0 aromatic heterocycles. The third-order valence-electron chi connectivity index (χ3n) is 4.96. The molecule has 2 fully saturated rings. The fraction of sp³-hybridized carbons (Fsp3) is 0.600. The predicted molar refractivity (Wildman–Crippen MR) is 105 cm³/mol. The molecule has 1 saturated heterocycles. The predicted octanol–water partition coefficient (Wildman–Crippen LogP) is 4.67. The summed E-state index contributed by atoms with van der Waals surface area (Å²) in [4.78, 5) is 27.7. The van der Waals surface area contributed by atoms with Crippen molar-refractivity contribution in [3.05, 3.63) is 34.9 Å². The lowest BCUT2D eigenvalue weighted by Gasteiger charge is -2.31. The zero-order chi connectivity index (χ0) is 18.7. The molecule has 142 valence electrons. The van der Waals surface area contributed by atoms with Crippen LogP contribution in [-0.2, 0) is 14.3 Å². The molecule has 0 spiro atoms. The Hall–Kier alpha value is -1.20. The first-order chi connectivity index (χ1) is 12.5. The Bertz CT molecular complexity index is 660. The van der Waals surface area contributed by atoms with Crippen molar-refractivity contribution in [2.24, 2.45) is 11.8 Å². The van der Waals surface area contributed by atoms with E-state index in [0.29, 0.717) is 17.4 Å². The van der Waals surface area contributed by atoms with Crippen molar-refractivity contribution >= 4 is 35.2 Å². The number of carbonyl (C=O) groups excluding carboxylic acids is 2. The molecule has 1 aromatic rings. The van der Waals surface area contributed by atoms with Crippen LogP contribution >= 0.6 is 23.4 Å². The SMILES string of the molecule is CC(C)COC(=O)[C@@H]1CS[C@@H](c2ccccc2Cl)N1C(=O)C1CCCC1. The van der Waals surface area contributed by atoms with Gasteiger partial charge in [0.15, 0.2) is 0 Å². The number of amides is 1. The van der Waals surface area contributed by atoms with Crippen molar-refractivity contribution in [3.8, 4) is 0 Å². The molecule has 3 rings (SSSR count). The summed E-state index contributed by atoms with van der Waals surface area (Å²) in [5, 5.41) is 0.402. The summed E-state index contributed by atoms with van der Waals surface area (Å²) in [5.41, 5.74) is 0.893. The molecule has 0 N–H and O–H groups in total. The molecular formula is C20H26ClNO3S. The first-order valence-corrected chi connectivity index (χ1v) is 10.8. The minimum absolute atomic E-state index is 0.0130. The molecule has 1 amide bonds. The molecule has 1 aromatic carbocycles. The van der Waals surface area contributed by atoms with E-state index >= 15 is 0 Å². The molecule has 1 saturated carbocycles. The van der Waals surface area contributed by atoms with Crippen LogP contribution in [-0.4, -0.2) is 35.2 Å². The van der Waals surface area contributed by atoms with Gasteiger partial charge in [-0.1, -0.05) is 56.5 Å². The fourth-order valence-electron chi connectivity index (χ4n) is 3.60. The molecule has 26 heavy (non-hydrogen) atoms. The third-order valence-corrected chi connectivity index (χ3v) is 6.61. The lowest BCUT2D eigenvalue weighted by Crippen LogP contribution is -2.46. The second kappa shape index (κ2) is 8.66. The summed E-state index contributed by atoms with van der Waals surface area (Å²) in [6, 6.07) is 7.04. The van der Waals surface area contributed by atoms with Crippen molar-refractivity contribution in [3.63, 3.8) is 0 Å². The van der Waals surface area contributed by atoms with E-state index in [1.807, 2.05) is 38.1 Å². The first-order valence-electron chi connectivity index (χ1n) is 9.34. The number of hydrogen-bond donors (Lipinski definition) is 0. The van der Waals surface area contributed by atoms with E-state index in [1.165, 1.54) is 0 Å². The standard InChI is InChI=1S/C20H26ClNO3S/c1-13(2)11-25-20(24)17-12-26-19(15-9-5-6-10-16(15)21)22(17)18(23)14-7-3-4-8-14/h5-6,9-10,13-14,17,19H,3-4,7-8,11-12H2,1-2H3/t17-,19-/m0/s1. The van der Waals surface area contributed by atoms with Crippen molar-refractivity contribution < 1.29 is 14.3 Å². The van der Waals surface area contributed by atoms with Crippen molar-refractivity contribution in [1.29, 1.82) is 0 Å². The van der Waals surface area contributed by atoms with Crippen molar-refractivity contribution in [2.45, 2.75) is 50.9 Å². The highest BCUT2D eigenvalue weighted by Gasteiger charge is 2.45. The Labute approximate surface area is 164 Å². The van der Waals surface area contributed by atoms with Gasteiger partial charge in [0.2, 0.25) is 5.91 Å². The zero-order valence-electron chi connectivity index (χ0n) is 15.3. The van der Waals surface area contributed by atoms with E-state index in [-0.39, 0.29) is 29.1 Å². The largest absolute Gasteiger partial charge is 0.464 e. The third kappa shape index (κ3) is 4.20. The molecule has 0 bridgehead atoms. The van der Waals surface area contributed by atoms with Crippen molar-refractivity contribution in [1.82, 2.24) is 4.90 Å². The highest BCUT2D eigenvalue weighted by Crippen LogP contribution is 2.45. The molecule has 4 nitrogen and oxygen atoms in total. The van der Waals surface area contributed by atoms with Gasteiger partial charge in [0, 0.05) is 22.3 Å². The molecule has 1 aliphatic carbocycles. The van der Waals surface area contributed by atoms with E-state index in [2.05, 4.69) is 0 Å². The lowest BCUT2D eigenvalue weighted by molar-refractivity contribution is -0.156. The van der Waals surface area contributed by atoms with Crippen LogP contribution in [0.2, 0.25) is 5.02 Å². The van der Waals surface area contributed by atoms with Crippen LogP contribution in [0.25, 0.3) is 0 Å². The average Bonchev–Trinajstić information content (AvgIpc) is 3.29. The van der Waals surface area contributed by atoms with Gasteiger partial charge in [-0.25, -0.2) is 4.79 Å². The van der Waals surface area contributed by atoms with Crippen LogP contribution < -0.4 is 0 Å². The van der Waals surface area contributed by atoms with Gasteiger partial charge in [0.25, 0.3) is 0 Å². The van der Waals surface area contributed by atoms with Crippen LogP contribution in [0.3, 0.4) is 0 Å². The first kappa shape index (κ1) is 19.6. The summed E-state index contributed by atoms with van der Waals surface area (Å²) in [5.74, 6) is 0.604. The Morgan fingerprint density at radius 1 is 1.27 bits per heavy atom. The topological polar surface area (TPSA) is 46.6 Å². The van der Waals surface area contributed by atoms with Crippen molar-refractivity contribution in [2.75, 3.05) is 12.4 Å². The lowest BCUT2D eigenvalue weighted by atomic mass is 10.0. The number of benzene rings is 1. The second-order valence-corrected chi connectivity index (χ2v) is 8.99. The van der Waals surface area contributed by atoms with E-state index in [0.717, 1.165) is 31.2 Å². The zero-order valence-corrected chi connectivity index (χ0v) is 16.9. The number of carbonyl (C=O) groups is 2. The van der Waals surface area contributed by atoms with Gasteiger partial charge in [0.05, 0.1) is 6.61 Å². The smallest absolute Gasteiger partial charge is 0.329 e. The minimum Gasteiger partial charge on any atom is -0.464 e. The van der Waals surface area contributed by atoms with Crippen LogP contribution in [0, 0.1) is 11.8 Å². The number of esters is 1. The van der Waals surface area contributed by atoms with Crippen LogP contribution in [0.5, 0.6) is 0 Å². The number of thioether (sulfide) groups is 1. The summed E-state index contributed by atoms with van der Waals surface area (Å²) >= 11 is 7.99. The van der Waals surface area contributed by atoms with Gasteiger partial charge >= 0.3 is 5.97 Å². The normalized spacial score (nSPS) is 23.6. The fourth-order valence-corrected chi connectivity index (χ4v) is 5.36. The van der Waals surface area contributed by atoms with Gasteiger partial charge in [-0.05, 0) is 24.8 Å². The molecule has 0 radical (unpaired) electrons. The Morgan fingerprint density at radius 3 is 2.62 bits per heavy atom. The molecule has 1 heterocycles. The number of nitrogens with zero attached hydrogens (tertiary/aromatic N) is 1. The van der Waals surface area contributed by atoms with E-state index in [9.17, 15) is 9.59 Å². The quantitative estimate of drug-likeness (QED) is 0.679. The Morgan fingerprint density at radius 2 is 1.96 bits per heavy atom. The molecule has 2 atom stereocenters. The summed E-state index contributed by atoms with van der Waals surface area (Å²) in [6.45, 7) is 4.39.